The first-order valence-corrected chi connectivity index (χ1v) is 10.1. The smallest absolute Gasteiger partial charge is 0.285 e. The van der Waals surface area contributed by atoms with Gasteiger partial charge >= 0.3 is 0 Å². The largest absolute Gasteiger partial charge is 0.303 e. The van der Waals surface area contributed by atoms with Crippen molar-refractivity contribution >= 4 is 54.8 Å². The number of aromatic nitrogens is 1. The molecule has 0 amide bonds. The lowest BCUT2D eigenvalue weighted by Gasteiger charge is -2.03. The van der Waals surface area contributed by atoms with Gasteiger partial charge in [0, 0.05) is 0 Å². The Kier molecular flexibility index (Phi) is 4.94. The maximum atomic E-state index is 12.6. The molecule has 2 aromatic carbocycles. The molecule has 0 aliphatic carbocycles. The fourth-order valence-corrected chi connectivity index (χ4v) is 5.13. The van der Waals surface area contributed by atoms with Crippen LogP contribution in [0.5, 0.6) is 0 Å². The molecule has 0 atom stereocenters. The van der Waals surface area contributed by atoms with Gasteiger partial charge in [0.25, 0.3) is 10.0 Å². The molecule has 25 heavy (non-hydrogen) atoms. The Hall–Kier alpha value is -1.78. The zero-order chi connectivity index (χ0) is 18.2. The van der Waals surface area contributed by atoms with Crippen LogP contribution in [0.2, 0.25) is 10.0 Å². The summed E-state index contributed by atoms with van der Waals surface area (Å²) in [7, 11) is -3.88. The number of rotatable bonds is 3. The monoisotopic (exact) mass is 410 g/mol. The van der Waals surface area contributed by atoms with Gasteiger partial charge in [-0.15, -0.1) is 10.8 Å². The molecule has 128 valence electrons. The van der Waals surface area contributed by atoms with Gasteiger partial charge in [-0.25, -0.2) is 0 Å². The van der Waals surface area contributed by atoms with Crippen molar-refractivity contribution in [3.05, 3.63) is 56.8 Å². The van der Waals surface area contributed by atoms with Crippen LogP contribution in [-0.4, -0.2) is 13.0 Å². The molecule has 0 bridgehead atoms. The summed E-state index contributed by atoms with van der Waals surface area (Å²) in [5.41, 5.74) is 1.54. The molecule has 0 N–H and O–H groups in total. The van der Waals surface area contributed by atoms with E-state index in [1.54, 1.807) is 28.8 Å². The first-order chi connectivity index (χ1) is 11.8. The van der Waals surface area contributed by atoms with Crippen molar-refractivity contribution in [1.29, 1.82) is 0 Å². The summed E-state index contributed by atoms with van der Waals surface area (Å²) < 4.78 is 31.4. The second kappa shape index (κ2) is 6.85. The molecule has 0 fully saturated rings. The molecule has 0 saturated carbocycles. The number of halogens is 2. The summed E-state index contributed by atoms with van der Waals surface area (Å²) in [5, 5.41) is 0.893. The molecule has 0 spiro atoms. The number of thiazole rings is 1. The number of benzene rings is 2. The van der Waals surface area contributed by atoms with Gasteiger partial charge in [0.1, 0.15) is 0 Å². The van der Waals surface area contributed by atoms with E-state index < -0.39 is 10.0 Å². The van der Waals surface area contributed by atoms with Gasteiger partial charge in [-0.2, -0.15) is 8.42 Å². The quantitative estimate of drug-likeness (QED) is 0.606. The molecule has 1 heterocycles. The Labute approximate surface area is 159 Å². The number of hydrogen-bond donors (Lipinski definition) is 0. The first-order valence-electron chi connectivity index (χ1n) is 7.12. The van der Waals surface area contributed by atoms with E-state index in [4.69, 9.17) is 29.6 Å². The summed E-state index contributed by atoms with van der Waals surface area (Å²) in [6.07, 6.45) is 5.43. The van der Waals surface area contributed by atoms with Crippen molar-refractivity contribution in [2.45, 2.75) is 18.4 Å². The summed E-state index contributed by atoms with van der Waals surface area (Å²) in [4.78, 5) is 0.337. The van der Waals surface area contributed by atoms with Crippen molar-refractivity contribution in [3.63, 3.8) is 0 Å². The third-order valence-corrected chi connectivity index (χ3v) is 6.74. The standard InChI is InChI=1S/C17H12Cl2N2O2S2/c1-3-10-21-15-13(18)8-9-14(19)16(15)24-17(21)20-25(22,23)12-6-4-11(2)5-7-12/h1,4-9H,10H2,2H3/b20-17-. The topological polar surface area (TPSA) is 51.4 Å². The van der Waals surface area contributed by atoms with Crippen LogP contribution in [-0.2, 0) is 16.6 Å². The van der Waals surface area contributed by atoms with E-state index in [2.05, 4.69) is 10.3 Å². The number of nitrogens with zero attached hydrogens (tertiary/aromatic N) is 2. The van der Waals surface area contributed by atoms with E-state index in [0.717, 1.165) is 16.9 Å². The number of sulfonamides is 1. The number of hydrogen-bond acceptors (Lipinski definition) is 3. The molecule has 4 nitrogen and oxygen atoms in total. The predicted octanol–water partition coefficient (Wildman–Crippen LogP) is 4.24. The maximum absolute atomic E-state index is 12.6. The predicted molar refractivity (Wildman–Crippen MR) is 103 cm³/mol. The highest BCUT2D eigenvalue weighted by molar-refractivity contribution is 7.90. The minimum atomic E-state index is -3.88. The van der Waals surface area contributed by atoms with Crippen molar-refractivity contribution in [2.75, 3.05) is 0 Å². The molecular weight excluding hydrogens is 399 g/mol. The lowest BCUT2D eigenvalue weighted by atomic mass is 10.2. The SMILES string of the molecule is C#CCn1/c(=N/S(=O)(=O)c2ccc(C)cc2)sc2c(Cl)ccc(Cl)c21. The van der Waals surface area contributed by atoms with E-state index in [1.807, 2.05) is 6.92 Å². The summed E-state index contributed by atoms with van der Waals surface area (Å²) in [6, 6.07) is 9.78. The second-order valence-electron chi connectivity index (χ2n) is 5.26. The summed E-state index contributed by atoms with van der Waals surface area (Å²) in [5.74, 6) is 2.50. The van der Waals surface area contributed by atoms with E-state index in [0.29, 0.717) is 20.3 Å². The van der Waals surface area contributed by atoms with Gasteiger partial charge in [0.2, 0.25) is 4.80 Å². The van der Waals surface area contributed by atoms with Crippen LogP contribution in [0.1, 0.15) is 5.56 Å². The molecule has 0 unspecified atom stereocenters. The van der Waals surface area contributed by atoms with Crippen LogP contribution in [0.3, 0.4) is 0 Å². The summed E-state index contributed by atoms with van der Waals surface area (Å²) >= 11 is 13.6. The van der Waals surface area contributed by atoms with Crippen LogP contribution in [0.4, 0.5) is 0 Å². The average molecular weight is 411 g/mol. The Morgan fingerprint density at radius 1 is 1.16 bits per heavy atom. The molecule has 1 aromatic heterocycles. The lowest BCUT2D eigenvalue weighted by molar-refractivity contribution is 0.596. The highest BCUT2D eigenvalue weighted by Gasteiger charge is 2.17. The molecule has 0 radical (unpaired) electrons. The minimum absolute atomic E-state index is 0.111. The zero-order valence-corrected chi connectivity index (χ0v) is 16.2. The van der Waals surface area contributed by atoms with Crippen molar-refractivity contribution < 1.29 is 8.42 Å². The highest BCUT2D eigenvalue weighted by atomic mass is 35.5. The Balaban J connectivity index is 2.31. The first kappa shape index (κ1) is 18.0. The number of aryl methyl sites for hydroxylation is 1. The Bertz CT molecular complexity index is 1170. The molecular formula is C17H12Cl2N2O2S2. The number of fused-ring (bicyclic) bond motifs is 1. The van der Waals surface area contributed by atoms with E-state index in [9.17, 15) is 8.42 Å². The van der Waals surface area contributed by atoms with Gasteiger partial charge in [-0.1, -0.05) is 58.2 Å². The number of terminal acetylenes is 1. The average Bonchev–Trinajstić information content (AvgIpc) is 2.91. The maximum Gasteiger partial charge on any atom is 0.285 e. The van der Waals surface area contributed by atoms with Gasteiger partial charge in [0.05, 0.1) is 31.7 Å². The second-order valence-corrected chi connectivity index (χ2v) is 8.66. The minimum Gasteiger partial charge on any atom is -0.303 e. The Morgan fingerprint density at radius 3 is 2.44 bits per heavy atom. The van der Waals surface area contributed by atoms with E-state index >= 15 is 0 Å². The molecule has 3 aromatic rings. The van der Waals surface area contributed by atoms with Crippen molar-refractivity contribution in [1.82, 2.24) is 4.57 Å². The normalized spacial score (nSPS) is 12.5. The third-order valence-electron chi connectivity index (χ3n) is 3.49. The lowest BCUT2D eigenvalue weighted by Crippen LogP contribution is -2.16. The van der Waals surface area contributed by atoms with Gasteiger partial charge in [0.15, 0.2) is 0 Å². The van der Waals surface area contributed by atoms with Crippen LogP contribution in [0.25, 0.3) is 10.2 Å². The zero-order valence-electron chi connectivity index (χ0n) is 13.0. The fourth-order valence-electron chi connectivity index (χ4n) is 2.28. The molecule has 3 rings (SSSR count). The van der Waals surface area contributed by atoms with Gasteiger partial charge < -0.3 is 4.57 Å². The van der Waals surface area contributed by atoms with Crippen LogP contribution in [0, 0.1) is 19.3 Å². The third kappa shape index (κ3) is 3.46. The van der Waals surface area contributed by atoms with E-state index in [1.165, 1.54) is 12.1 Å². The highest BCUT2D eigenvalue weighted by Crippen LogP contribution is 2.32. The van der Waals surface area contributed by atoms with Crippen molar-refractivity contribution in [3.8, 4) is 12.3 Å². The molecule has 0 aliphatic heterocycles. The van der Waals surface area contributed by atoms with Gasteiger partial charge in [-0.3, -0.25) is 0 Å². The van der Waals surface area contributed by atoms with Crippen molar-refractivity contribution in [2.24, 2.45) is 4.40 Å². The summed E-state index contributed by atoms with van der Waals surface area (Å²) in [6.45, 7) is 2.01. The molecule has 0 aliphatic rings. The van der Waals surface area contributed by atoms with E-state index in [-0.39, 0.29) is 16.2 Å². The fraction of sp³-hybridized carbons (Fsp3) is 0.118. The van der Waals surface area contributed by atoms with Crippen LogP contribution < -0.4 is 4.80 Å². The molecule has 8 heteroatoms. The Morgan fingerprint density at radius 2 is 1.80 bits per heavy atom. The van der Waals surface area contributed by atoms with Gasteiger partial charge in [-0.05, 0) is 31.2 Å². The molecule has 0 saturated heterocycles. The van der Waals surface area contributed by atoms with Crippen LogP contribution in [0.15, 0.2) is 45.7 Å². The van der Waals surface area contributed by atoms with Crippen LogP contribution >= 0.6 is 34.5 Å².